The van der Waals surface area contributed by atoms with Crippen molar-refractivity contribution in [1.82, 2.24) is 9.21 Å². The van der Waals surface area contributed by atoms with Crippen LogP contribution in [-0.4, -0.2) is 50.3 Å². The highest BCUT2D eigenvalue weighted by molar-refractivity contribution is 7.89. The van der Waals surface area contributed by atoms with Crippen LogP contribution in [-0.2, 0) is 10.0 Å². The van der Waals surface area contributed by atoms with Crippen molar-refractivity contribution >= 4 is 15.7 Å². The molecule has 0 radical (unpaired) electrons. The van der Waals surface area contributed by atoms with Gasteiger partial charge in [-0.3, -0.25) is 0 Å². The second kappa shape index (κ2) is 4.87. The highest BCUT2D eigenvalue weighted by atomic mass is 32.2. The third-order valence-corrected chi connectivity index (χ3v) is 5.40. The second-order valence-corrected chi connectivity index (χ2v) is 6.64. The Morgan fingerprint density at radius 1 is 1.28 bits per heavy atom. The number of nitrogens with two attached hydrogens (primary N) is 1. The van der Waals surface area contributed by atoms with Crippen molar-refractivity contribution in [3.8, 4) is 0 Å². The maximum absolute atomic E-state index is 12.5. The maximum atomic E-state index is 12.5. The van der Waals surface area contributed by atoms with Crippen LogP contribution in [0.5, 0.6) is 0 Å². The van der Waals surface area contributed by atoms with Crippen LogP contribution in [0, 0.1) is 0 Å². The van der Waals surface area contributed by atoms with E-state index in [1.807, 2.05) is 14.0 Å². The molecular weight excluding hydrogens is 250 g/mol. The molecule has 1 saturated heterocycles. The first kappa shape index (κ1) is 13.3. The monoisotopic (exact) mass is 269 g/mol. The number of hydrogen-bond donors (Lipinski definition) is 1. The maximum Gasteiger partial charge on any atom is 0.245 e. The van der Waals surface area contributed by atoms with Gasteiger partial charge in [0.25, 0.3) is 0 Å². The number of likely N-dealkylation sites (N-methyl/N-ethyl adjacent to an activating group) is 1. The lowest BCUT2D eigenvalue weighted by molar-refractivity contribution is 0.159. The topological polar surface area (TPSA) is 66.6 Å². The molecule has 1 aliphatic rings. The number of anilines is 1. The standard InChI is InChI=1S/C12H19N3O2S/c1-10-9-15(8-7-14(10)2)18(16,17)12-6-4-3-5-11(12)13/h3-6,10H,7-9,13H2,1-2H3. The molecule has 18 heavy (non-hydrogen) atoms. The van der Waals surface area contributed by atoms with E-state index in [4.69, 9.17) is 5.73 Å². The highest BCUT2D eigenvalue weighted by Crippen LogP contribution is 2.23. The van der Waals surface area contributed by atoms with Gasteiger partial charge >= 0.3 is 0 Å². The predicted molar refractivity (Wildman–Crippen MR) is 71.7 cm³/mol. The van der Waals surface area contributed by atoms with E-state index in [1.54, 1.807) is 24.3 Å². The molecule has 1 atom stereocenters. The molecular formula is C12H19N3O2S. The normalized spacial score (nSPS) is 23.1. The molecule has 100 valence electrons. The number of nitrogen functional groups attached to an aromatic ring is 1. The Hall–Kier alpha value is -1.11. The summed E-state index contributed by atoms with van der Waals surface area (Å²) in [6.45, 7) is 3.79. The molecule has 6 heteroatoms. The van der Waals surface area contributed by atoms with E-state index in [9.17, 15) is 8.42 Å². The van der Waals surface area contributed by atoms with Crippen LogP contribution < -0.4 is 5.73 Å². The Morgan fingerprint density at radius 2 is 1.94 bits per heavy atom. The zero-order chi connectivity index (χ0) is 13.3. The lowest BCUT2D eigenvalue weighted by Gasteiger charge is -2.36. The van der Waals surface area contributed by atoms with Crippen molar-refractivity contribution in [2.75, 3.05) is 32.4 Å². The number of hydrogen-bond acceptors (Lipinski definition) is 4. The molecule has 1 aromatic carbocycles. The first-order valence-corrected chi connectivity index (χ1v) is 7.42. The van der Waals surface area contributed by atoms with Crippen molar-refractivity contribution < 1.29 is 8.42 Å². The first-order chi connectivity index (χ1) is 8.43. The summed E-state index contributed by atoms with van der Waals surface area (Å²) in [5, 5.41) is 0. The molecule has 0 aliphatic carbocycles. The molecule has 0 aromatic heterocycles. The third-order valence-electron chi connectivity index (χ3n) is 3.46. The van der Waals surface area contributed by atoms with Gasteiger partial charge < -0.3 is 10.6 Å². The molecule has 1 unspecified atom stereocenters. The van der Waals surface area contributed by atoms with E-state index in [0.717, 1.165) is 6.54 Å². The van der Waals surface area contributed by atoms with Crippen molar-refractivity contribution in [2.24, 2.45) is 0 Å². The first-order valence-electron chi connectivity index (χ1n) is 5.98. The lowest BCUT2D eigenvalue weighted by Crippen LogP contribution is -2.51. The van der Waals surface area contributed by atoms with Gasteiger partial charge in [-0.25, -0.2) is 8.42 Å². The van der Waals surface area contributed by atoms with E-state index in [1.165, 1.54) is 4.31 Å². The number of piperazine rings is 1. The van der Waals surface area contributed by atoms with Crippen LogP contribution in [0.4, 0.5) is 5.69 Å². The minimum Gasteiger partial charge on any atom is -0.398 e. The molecule has 1 aliphatic heterocycles. The average molecular weight is 269 g/mol. The van der Waals surface area contributed by atoms with Gasteiger partial charge in [-0.2, -0.15) is 4.31 Å². The van der Waals surface area contributed by atoms with Gasteiger partial charge in [-0.1, -0.05) is 12.1 Å². The van der Waals surface area contributed by atoms with Crippen LogP contribution in [0.1, 0.15) is 6.92 Å². The molecule has 2 rings (SSSR count). The SMILES string of the molecule is CC1CN(S(=O)(=O)c2ccccc2N)CCN1C. The Kier molecular flexibility index (Phi) is 3.61. The number of rotatable bonds is 2. The molecule has 0 spiro atoms. The minimum atomic E-state index is -3.47. The Balaban J connectivity index is 2.30. The summed E-state index contributed by atoms with van der Waals surface area (Å²) in [5.74, 6) is 0. The van der Waals surface area contributed by atoms with Crippen LogP contribution in [0.2, 0.25) is 0 Å². The van der Waals surface area contributed by atoms with Gasteiger partial charge in [0.2, 0.25) is 10.0 Å². The molecule has 1 heterocycles. The van der Waals surface area contributed by atoms with Crippen LogP contribution in [0.25, 0.3) is 0 Å². The van der Waals surface area contributed by atoms with Crippen LogP contribution in [0.15, 0.2) is 29.2 Å². The molecule has 0 amide bonds. The number of para-hydroxylation sites is 1. The van der Waals surface area contributed by atoms with E-state index >= 15 is 0 Å². The summed E-state index contributed by atoms with van der Waals surface area (Å²) in [6, 6.07) is 6.84. The molecule has 2 N–H and O–H groups in total. The average Bonchev–Trinajstić information content (AvgIpc) is 2.33. The van der Waals surface area contributed by atoms with Crippen molar-refractivity contribution in [3.05, 3.63) is 24.3 Å². The molecule has 5 nitrogen and oxygen atoms in total. The number of sulfonamides is 1. The van der Waals surface area contributed by atoms with Crippen molar-refractivity contribution in [1.29, 1.82) is 0 Å². The Labute approximate surface area is 108 Å². The van der Waals surface area contributed by atoms with Gasteiger partial charge in [0.1, 0.15) is 4.90 Å². The summed E-state index contributed by atoms with van der Waals surface area (Å²) >= 11 is 0. The third kappa shape index (κ3) is 2.36. The highest BCUT2D eigenvalue weighted by Gasteiger charge is 2.31. The molecule has 1 fully saturated rings. The van der Waals surface area contributed by atoms with Gasteiger partial charge in [-0.05, 0) is 26.1 Å². The minimum absolute atomic E-state index is 0.210. The van der Waals surface area contributed by atoms with E-state index < -0.39 is 10.0 Å². The molecule has 1 aromatic rings. The van der Waals surface area contributed by atoms with E-state index in [0.29, 0.717) is 18.8 Å². The van der Waals surface area contributed by atoms with Crippen LogP contribution in [0.3, 0.4) is 0 Å². The zero-order valence-electron chi connectivity index (χ0n) is 10.7. The smallest absolute Gasteiger partial charge is 0.245 e. The van der Waals surface area contributed by atoms with E-state index in [2.05, 4.69) is 4.90 Å². The van der Waals surface area contributed by atoms with Crippen molar-refractivity contribution in [2.45, 2.75) is 17.9 Å². The fourth-order valence-corrected chi connectivity index (χ4v) is 3.72. The number of nitrogens with zero attached hydrogens (tertiary/aromatic N) is 2. The summed E-state index contributed by atoms with van der Waals surface area (Å²) in [7, 11) is -1.46. The Bertz CT molecular complexity index is 530. The zero-order valence-corrected chi connectivity index (χ0v) is 11.5. The van der Waals surface area contributed by atoms with Gasteiger partial charge in [0.05, 0.1) is 5.69 Å². The van der Waals surface area contributed by atoms with Gasteiger partial charge in [0, 0.05) is 25.7 Å². The van der Waals surface area contributed by atoms with Gasteiger partial charge in [-0.15, -0.1) is 0 Å². The molecule has 0 saturated carbocycles. The van der Waals surface area contributed by atoms with E-state index in [-0.39, 0.29) is 10.9 Å². The second-order valence-electron chi connectivity index (χ2n) is 4.73. The number of benzene rings is 1. The van der Waals surface area contributed by atoms with Crippen molar-refractivity contribution in [3.63, 3.8) is 0 Å². The molecule has 0 bridgehead atoms. The fraction of sp³-hybridized carbons (Fsp3) is 0.500. The summed E-state index contributed by atoms with van der Waals surface area (Å²) in [6.07, 6.45) is 0. The van der Waals surface area contributed by atoms with Crippen LogP contribution >= 0.6 is 0 Å². The van der Waals surface area contributed by atoms with Gasteiger partial charge in [0.15, 0.2) is 0 Å². The Morgan fingerprint density at radius 3 is 2.56 bits per heavy atom. The predicted octanol–water partition coefficient (Wildman–Crippen LogP) is 0.593. The quantitative estimate of drug-likeness (QED) is 0.798. The summed E-state index contributed by atoms with van der Waals surface area (Å²) < 4.78 is 26.5. The summed E-state index contributed by atoms with van der Waals surface area (Å²) in [5.41, 5.74) is 6.07. The lowest BCUT2D eigenvalue weighted by atomic mass is 10.2. The largest absolute Gasteiger partial charge is 0.398 e. The fourth-order valence-electron chi connectivity index (χ4n) is 2.09. The summed E-state index contributed by atoms with van der Waals surface area (Å²) in [4.78, 5) is 2.36.